The van der Waals surface area contributed by atoms with Crippen LogP contribution in [0.15, 0.2) is 65.5 Å². The SMILES string of the molecule is CSNc1cccc(-c2nc3sc(-c4ccccc4)cc3c(=O)[nH]2)c1. The summed E-state index contributed by atoms with van der Waals surface area (Å²) in [5.74, 6) is 0.587. The highest BCUT2D eigenvalue weighted by molar-refractivity contribution is 7.99. The number of aromatic amines is 1. The number of hydrogen-bond donors (Lipinski definition) is 2. The summed E-state index contributed by atoms with van der Waals surface area (Å²) in [6.45, 7) is 0. The van der Waals surface area contributed by atoms with Crippen LogP contribution in [0.25, 0.3) is 32.0 Å². The van der Waals surface area contributed by atoms with Gasteiger partial charge in [0.1, 0.15) is 10.7 Å². The van der Waals surface area contributed by atoms with Gasteiger partial charge in [0.25, 0.3) is 5.56 Å². The molecule has 0 aliphatic rings. The van der Waals surface area contributed by atoms with E-state index in [1.54, 1.807) is 0 Å². The molecule has 2 N–H and O–H groups in total. The van der Waals surface area contributed by atoms with E-state index in [-0.39, 0.29) is 5.56 Å². The van der Waals surface area contributed by atoms with Crippen LogP contribution in [-0.2, 0) is 0 Å². The van der Waals surface area contributed by atoms with Gasteiger partial charge in [0.15, 0.2) is 0 Å². The fourth-order valence-corrected chi connectivity index (χ4v) is 4.06. The van der Waals surface area contributed by atoms with Gasteiger partial charge in [-0.2, -0.15) is 0 Å². The minimum Gasteiger partial charge on any atom is -0.330 e. The summed E-state index contributed by atoms with van der Waals surface area (Å²) >= 11 is 3.06. The van der Waals surface area contributed by atoms with Gasteiger partial charge in [-0.3, -0.25) is 4.79 Å². The van der Waals surface area contributed by atoms with E-state index in [2.05, 4.69) is 14.7 Å². The van der Waals surface area contributed by atoms with E-state index >= 15 is 0 Å². The molecule has 0 spiro atoms. The number of hydrogen-bond acceptors (Lipinski definition) is 5. The van der Waals surface area contributed by atoms with Crippen molar-refractivity contribution < 1.29 is 0 Å². The molecule has 0 saturated carbocycles. The van der Waals surface area contributed by atoms with Crippen LogP contribution in [0, 0.1) is 0 Å². The zero-order chi connectivity index (χ0) is 17.2. The lowest BCUT2D eigenvalue weighted by Gasteiger charge is -2.05. The molecule has 2 aromatic carbocycles. The van der Waals surface area contributed by atoms with Crippen molar-refractivity contribution in [1.29, 1.82) is 0 Å². The lowest BCUT2D eigenvalue weighted by molar-refractivity contribution is 1.19. The van der Waals surface area contributed by atoms with Crippen molar-refractivity contribution in [3.63, 3.8) is 0 Å². The maximum atomic E-state index is 12.5. The van der Waals surface area contributed by atoms with Gasteiger partial charge in [0, 0.05) is 22.4 Å². The minimum absolute atomic E-state index is 0.110. The van der Waals surface area contributed by atoms with Gasteiger partial charge in [-0.1, -0.05) is 54.4 Å². The lowest BCUT2D eigenvalue weighted by Crippen LogP contribution is -2.07. The molecule has 4 rings (SSSR count). The van der Waals surface area contributed by atoms with Gasteiger partial charge in [-0.15, -0.1) is 11.3 Å². The van der Waals surface area contributed by atoms with E-state index < -0.39 is 0 Å². The van der Waals surface area contributed by atoms with E-state index in [1.807, 2.05) is 66.9 Å². The molecule has 0 aliphatic carbocycles. The number of nitrogens with one attached hydrogen (secondary N) is 2. The van der Waals surface area contributed by atoms with Crippen molar-refractivity contribution >= 4 is 39.2 Å². The van der Waals surface area contributed by atoms with Crippen LogP contribution in [-0.4, -0.2) is 16.2 Å². The molecule has 0 amide bonds. The molecule has 0 aliphatic heterocycles. The van der Waals surface area contributed by atoms with Crippen LogP contribution in [0.4, 0.5) is 5.69 Å². The summed E-state index contributed by atoms with van der Waals surface area (Å²) in [6, 6.07) is 19.8. The number of H-pyrrole nitrogens is 1. The molecule has 6 heteroatoms. The molecule has 0 saturated heterocycles. The van der Waals surface area contributed by atoms with E-state index in [1.165, 1.54) is 23.3 Å². The molecule has 0 atom stereocenters. The topological polar surface area (TPSA) is 57.8 Å². The first-order chi connectivity index (χ1) is 12.2. The molecule has 2 aromatic heterocycles. The maximum Gasteiger partial charge on any atom is 0.259 e. The van der Waals surface area contributed by atoms with Crippen molar-refractivity contribution in [3.8, 4) is 21.8 Å². The summed E-state index contributed by atoms with van der Waals surface area (Å²) in [5, 5.41) is 0.631. The first kappa shape index (κ1) is 15.9. The Morgan fingerprint density at radius 2 is 1.84 bits per heavy atom. The fraction of sp³-hybridized carbons (Fsp3) is 0.0526. The third-order valence-electron chi connectivity index (χ3n) is 3.82. The predicted octanol–water partition coefficient (Wildman–Crippen LogP) is 5.01. The third kappa shape index (κ3) is 3.18. The van der Waals surface area contributed by atoms with Gasteiger partial charge in [-0.25, -0.2) is 4.98 Å². The van der Waals surface area contributed by atoms with Gasteiger partial charge in [0.2, 0.25) is 0 Å². The summed E-state index contributed by atoms with van der Waals surface area (Å²) in [5.41, 5.74) is 2.84. The summed E-state index contributed by atoms with van der Waals surface area (Å²) < 4.78 is 3.19. The number of rotatable bonds is 4. The van der Waals surface area contributed by atoms with Crippen LogP contribution >= 0.6 is 23.3 Å². The largest absolute Gasteiger partial charge is 0.330 e. The molecule has 0 bridgehead atoms. The zero-order valence-corrected chi connectivity index (χ0v) is 15.1. The first-order valence-electron chi connectivity index (χ1n) is 7.73. The van der Waals surface area contributed by atoms with E-state index in [0.29, 0.717) is 11.2 Å². The van der Waals surface area contributed by atoms with Crippen LogP contribution < -0.4 is 10.3 Å². The lowest BCUT2D eigenvalue weighted by atomic mass is 10.2. The highest BCUT2D eigenvalue weighted by Gasteiger charge is 2.11. The molecule has 25 heavy (non-hydrogen) atoms. The Balaban J connectivity index is 1.82. The standard InChI is InChI=1S/C19H15N3OS2/c1-24-22-14-9-5-8-13(10-14)17-20-18(23)15-11-16(25-19(15)21-17)12-6-3-2-4-7-12/h2-11,22H,1H3,(H,20,21,23). The van der Waals surface area contributed by atoms with Crippen molar-refractivity contribution in [2.75, 3.05) is 11.0 Å². The van der Waals surface area contributed by atoms with Gasteiger partial charge >= 0.3 is 0 Å². The van der Waals surface area contributed by atoms with E-state index in [4.69, 9.17) is 0 Å². The predicted molar refractivity (Wildman–Crippen MR) is 108 cm³/mol. The zero-order valence-electron chi connectivity index (χ0n) is 13.4. The molecular formula is C19H15N3OS2. The normalized spacial score (nSPS) is 10.9. The molecule has 124 valence electrons. The van der Waals surface area contributed by atoms with Gasteiger partial charge in [-0.05, 0) is 23.8 Å². The summed E-state index contributed by atoms with van der Waals surface area (Å²) in [6.07, 6.45) is 1.97. The van der Waals surface area contributed by atoms with Crippen LogP contribution in [0.5, 0.6) is 0 Å². The smallest absolute Gasteiger partial charge is 0.259 e. The average molecular weight is 365 g/mol. The Kier molecular flexibility index (Phi) is 4.29. The molecule has 4 nitrogen and oxygen atoms in total. The van der Waals surface area contributed by atoms with Crippen LogP contribution in [0.2, 0.25) is 0 Å². The quantitative estimate of drug-likeness (QED) is 0.499. The average Bonchev–Trinajstić information content (AvgIpc) is 3.08. The number of benzene rings is 2. The maximum absolute atomic E-state index is 12.5. The van der Waals surface area contributed by atoms with Crippen molar-refractivity contribution in [2.45, 2.75) is 0 Å². The molecule has 0 radical (unpaired) electrons. The number of anilines is 1. The van der Waals surface area contributed by atoms with E-state index in [0.717, 1.165) is 26.5 Å². The highest BCUT2D eigenvalue weighted by Crippen LogP contribution is 2.31. The first-order valence-corrected chi connectivity index (χ1v) is 9.77. The Morgan fingerprint density at radius 1 is 1.04 bits per heavy atom. The van der Waals surface area contributed by atoms with E-state index in [9.17, 15) is 4.79 Å². The Bertz CT molecular complexity index is 1090. The molecular weight excluding hydrogens is 350 g/mol. The van der Waals surface area contributed by atoms with Gasteiger partial charge < -0.3 is 9.71 Å². The Hall–Kier alpha value is -2.57. The summed E-state index contributed by atoms with van der Waals surface area (Å²) in [7, 11) is 0. The number of fused-ring (bicyclic) bond motifs is 1. The second-order valence-electron chi connectivity index (χ2n) is 5.50. The Morgan fingerprint density at radius 3 is 2.64 bits per heavy atom. The number of thiophene rings is 1. The van der Waals surface area contributed by atoms with Gasteiger partial charge in [0.05, 0.1) is 5.39 Å². The van der Waals surface area contributed by atoms with Crippen molar-refractivity contribution in [1.82, 2.24) is 9.97 Å². The monoisotopic (exact) mass is 365 g/mol. The number of aromatic nitrogens is 2. The molecule has 4 aromatic rings. The van der Waals surface area contributed by atoms with Crippen LogP contribution in [0.3, 0.4) is 0 Å². The second-order valence-corrected chi connectivity index (χ2v) is 7.14. The molecule has 0 fully saturated rings. The molecule has 2 heterocycles. The van der Waals surface area contributed by atoms with Crippen LogP contribution in [0.1, 0.15) is 0 Å². The summed E-state index contributed by atoms with van der Waals surface area (Å²) in [4.78, 5) is 21.9. The molecule has 0 unspecified atom stereocenters. The highest BCUT2D eigenvalue weighted by atomic mass is 32.2. The van der Waals surface area contributed by atoms with Crippen molar-refractivity contribution in [3.05, 3.63) is 71.0 Å². The number of nitrogens with zero attached hydrogens (tertiary/aromatic N) is 1. The Labute approximate surface area is 153 Å². The fourth-order valence-electron chi connectivity index (χ4n) is 2.66. The second kappa shape index (κ2) is 6.74. The minimum atomic E-state index is -0.110. The van der Waals surface area contributed by atoms with Crippen molar-refractivity contribution in [2.24, 2.45) is 0 Å². The third-order valence-corrected chi connectivity index (χ3v) is 5.33.